The lowest BCUT2D eigenvalue weighted by molar-refractivity contribution is -0.377. The zero-order chi connectivity index (χ0) is 37.5. The summed E-state index contributed by atoms with van der Waals surface area (Å²) >= 11 is 12.9. The molecule has 3 fully saturated rings. The topological polar surface area (TPSA) is 160 Å². The van der Waals surface area contributed by atoms with E-state index in [1.54, 1.807) is 60.9 Å². The molecule has 3 saturated heterocycles. The van der Waals surface area contributed by atoms with E-state index < -0.39 is 42.4 Å². The number of benzene rings is 3. The predicted octanol–water partition coefficient (Wildman–Crippen LogP) is 5.83. The van der Waals surface area contributed by atoms with E-state index in [0.29, 0.717) is 44.9 Å². The van der Waals surface area contributed by atoms with Gasteiger partial charge in [0.2, 0.25) is 0 Å². The van der Waals surface area contributed by atoms with E-state index in [1.807, 2.05) is 0 Å². The molecule has 4 aromatic rings. The van der Waals surface area contributed by atoms with Crippen LogP contribution in [0.15, 0.2) is 79.1 Å². The molecule has 3 atom stereocenters. The lowest BCUT2D eigenvalue weighted by atomic mass is 9.86. The Balaban J connectivity index is 0.00000561. The first-order valence-corrected chi connectivity index (χ1v) is 18.0. The molecule has 7 rings (SSSR count). The second-order valence-electron chi connectivity index (χ2n) is 12.9. The van der Waals surface area contributed by atoms with E-state index in [1.165, 1.54) is 32.4 Å². The number of aromatic amines is 1. The van der Waals surface area contributed by atoms with Crippen molar-refractivity contribution in [2.45, 2.75) is 37.5 Å². The Kier molecular flexibility index (Phi) is 13.7. The van der Waals surface area contributed by atoms with Gasteiger partial charge in [0, 0.05) is 35.3 Å². The molecule has 286 valence electrons. The maximum Gasteiger partial charge on any atom is 0.333 e. The Labute approximate surface area is 322 Å². The number of fused-ring (bicyclic) bond motifs is 3. The molecule has 0 radical (unpaired) electrons. The molecule has 3 aliphatic heterocycles. The number of carbonyl (C=O) groups excluding carboxylic acids is 3. The number of aromatic nitrogens is 1. The monoisotopic (exact) mass is 782 g/mol. The van der Waals surface area contributed by atoms with Crippen LogP contribution in [0.1, 0.15) is 52.0 Å². The maximum atomic E-state index is 15.1. The normalized spacial score (nSPS) is 18.4. The number of anilines is 1. The highest BCUT2D eigenvalue weighted by Gasteiger charge is 2.38. The van der Waals surface area contributed by atoms with Crippen LogP contribution < -0.4 is 25.1 Å². The number of rotatable bonds is 14. The van der Waals surface area contributed by atoms with Gasteiger partial charge < -0.3 is 35.1 Å². The van der Waals surface area contributed by atoms with Crippen LogP contribution >= 0.6 is 23.2 Å². The second-order valence-corrected chi connectivity index (χ2v) is 13.7. The van der Waals surface area contributed by atoms with Gasteiger partial charge in [-0.15, -0.1) is 0 Å². The summed E-state index contributed by atoms with van der Waals surface area (Å²) in [5.74, 6) is -1.28. The molecular weight excluding hydrogens is 742 g/mol. The molecule has 3 aromatic carbocycles. The molecule has 15 heteroatoms. The van der Waals surface area contributed by atoms with Gasteiger partial charge in [0.05, 0.1) is 14.2 Å². The van der Waals surface area contributed by atoms with Gasteiger partial charge in [-0.1, -0.05) is 53.5 Å². The average Bonchev–Trinajstić information content (AvgIpc) is 3.17. The van der Waals surface area contributed by atoms with E-state index in [4.69, 9.17) is 42.1 Å². The lowest BCUT2D eigenvalue weighted by Gasteiger charge is -2.44. The van der Waals surface area contributed by atoms with Crippen molar-refractivity contribution in [3.8, 4) is 11.5 Å². The summed E-state index contributed by atoms with van der Waals surface area (Å²) in [4.78, 5) is 45.3. The third-order valence-corrected chi connectivity index (χ3v) is 10.3. The van der Waals surface area contributed by atoms with Gasteiger partial charge >= 0.3 is 11.9 Å². The number of nitrogens with zero attached hydrogens (tertiary/aromatic N) is 1. The summed E-state index contributed by atoms with van der Waals surface area (Å²) < 4.78 is 37.7. The first-order chi connectivity index (χ1) is 25.6. The van der Waals surface area contributed by atoms with Gasteiger partial charge in [-0.2, -0.15) is 0 Å². The van der Waals surface area contributed by atoms with Crippen molar-refractivity contribution >= 4 is 46.7 Å². The molecule has 4 heterocycles. The maximum absolute atomic E-state index is 15.1. The molecular formula is C39H41Cl2FN4O8. The van der Waals surface area contributed by atoms with E-state index in [-0.39, 0.29) is 35.0 Å². The highest BCUT2D eigenvalue weighted by molar-refractivity contribution is 6.35. The Morgan fingerprint density at radius 2 is 1.67 bits per heavy atom. The molecule has 12 nitrogen and oxygen atoms in total. The van der Waals surface area contributed by atoms with Crippen LogP contribution in [0.25, 0.3) is 0 Å². The molecule has 0 spiro atoms. The number of piperidine rings is 3. The average molecular weight is 784 g/mol. The third-order valence-electron chi connectivity index (χ3n) is 9.58. The van der Waals surface area contributed by atoms with E-state index in [9.17, 15) is 14.4 Å². The number of hydrogen-bond donors (Lipinski definition) is 2. The quantitative estimate of drug-likeness (QED) is 0.149. The lowest BCUT2D eigenvalue weighted by Crippen LogP contribution is -2.52. The number of amides is 1. The smallest absolute Gasteiger partial charge is 0.333 e. The zero-order valence-electron chi connectivity index (χ0n) is 29.7. The molecule has 54 heavy (non-hydrogen) atoms. The van der Waals surface area contributed by atoms with Gasteiger partial charge in [-0.3, -0.25) is 14.5 Å². The van der Waals surface area contributed by atoms with Crippen molar-refractivity contribution in [2.24, 2.45) is 5.92 Å². The summed E-state index contributed by atoms with van der Waals surface area (Å²) in [5, 5.41) is 6.38. The number of carbonyl (C=O) groups is 3. The molecule has 2 bridgehead atoms. The fourth-order valence-corrected chi connectivity index (χ4v) is 7.28. The number of methoxy groups -OCH3 is 2. The number of halogens is 3. The third kappa shape index (κ3) is 9.58. The predicted molar refractivity (Wildman–Crippen MR) is 198 cm³/mol. The Bertz CT molecular complexity index is 1940. The summed E-state index contributed by atoms with van der Waals surface area (Å²) in [7, 11) is 3.01. The molecule has 1 amide bonds. The SMILES string of the molecule is COc1ccc(C(Cc2c(Cl)c[nH+]cc2Cl)OC(=O)CNC(=O)c2cccc(NC(C(=O)O[C@H]3CN4CCC3CC4)c3ccccc3F)c2)cc1OC.[OH-]. The Morgan fingerprint density at radius 1 is 0.944 bits per heavy atom. The first-order valence-electron chi connectivity index (χ1n) is 17.2. The largest absolute Gasteiger partial charge is 0.870 e. The van der Waals surface area contributed by atoms with Crippen molar-refractivity contribution in [3.63, 3.8) is 0 Å². The Hall–Kier alpha value is -4.95. The Morgan fingerprint density at radius 3 is 2.33 bits per heavy atom. The van der Waals surface area contributed by atoms with Crippen molar-refractivity contribution in [1.29, 1.82) is 0 Å². The fourth-order valence-electron chi connectivity index (χ4n) is 6.74. The summed E-state index contributed by atoms with van der Waals surface area (Å²) in [5.41, 5.74) is 1.82. The van der Waals surface area contributed by atoms with Crippen LogP contribution in [-0.4, -0.2) is 74.7 Å². The number of hydrogen-bond acceptors (Lipinski definition) is 10. The zero-order valence-corrected chi connectivity index (χ0v) is 31.2. The summed E-state index contributed by atoms with van der Waals surface area (Å²) in [6, 6.07) is 16.3. The number of esters is 2. The van der Waals surface area contributed by atoms with Crippen LogP contribution in [0.4, 0.5) is 10.1 Å². The van der Waals surface area contributed by atoms with Gasteiger partial charge in [0.25, 0.3) is 5.91 Å². The molecule has 4 N–H and O–H groups in total. The number of H-pyrrole nitrogens is 1. The number of pyridine rings is 1. The van der Waals surface area contributed by atoms with E-state index in [2.05, 4.69) is 20.5 Å². The molecule has 2 unspecified atom stereocenters. The van der Waals surface area contributed by atoms with Gasteiger partial charge in [-0.05, 0) is 73.8 Å². The second kappa shape index (κ2) is 18.4. The fraction of sp³-hybridized carbons (Fsp3) is 0.333. The van der Waals surface area contributed by atoms with Crippen LogP contribution in [0.2, 0.25) is 10.0 Å². The number of nitrogens with one attached hydrogen (secondary N) is 3. The van der Waals surface area contributed by atoms with Crippen LogP contribution in [0, 0.1) is 11.7 Å². The van der Waals surface area contributed by atoms with Crippen molar-refractivity contribution in [3.05, 3.63) is 117 Å². The van der Waals surface area contributed by atoms with Crippen LogP contribution in [0.5, 0.6) is 11.5 Å². The first kappa shape index (κ1) is 40.2. The minimum absolute atomic E-state index is 0. The minimum Gasteiger partial charge on any atom is -0.870 e. The standard InChI is InChI=1S/C39H39Cl2FN4O7.H2O/c1-50-32-11-10-24(17-34(32)51-2)33(18-28-29(40)19-43-20-30(28)41)52-36(47)21-44-38(48)25-6-5-7-26(16-25)45-37(27-8-3-4-9-31(27)42)39(49)53-35-22-46-14-12-23(35)13-15-46;/h3-11,16-17,19-20,23,33,35,37,45H,12-15,18,21-22H2,1-2H3,(H,44,48);1H2/t33?,35-,37?;/m0./s1. The number of ether oxygens (including phenoxy) is 4. The van der Waals surface area contributed by atoms with Crippen molar-refractivity contribution in [1.82, 2.24) is 10.2 Å². The molecule has 3 aliphatic rings. The van der Waals surface area contributed by atoms with Crippen molar-refractivity contribution < 1.29 is 48.2 Å². The van der Waals surface area contributed by atoms with Gasteiger partial charge in [0.15, 0.2) is 29.9 Å². The molecule has 0 saturated carbocycles. The van der Waals surface area contributed by atoms with Crippen LogP contribution in [0.3, 0.4) is 0 Å². The van der Waals surface area contributed by atoms with Gasteiger partial charge in [-0.25, -0.2) is 14.2 Å². The minimum atomic E-state index is -1.17. The van der Waals surface area contributed by atoms with E-state index in [0.717, 1.165) is 25.9 Å². The highest BCUT2D eigenvalue weighted by Crippen LogP contribution is 2.35. The molecule has 0 aliphatic carbocycles. The van der Waals surface area contributed by atoms with Crippen LogP contribution in [-0.2, 0) is 25.5 Å². The summed E-state index contributed by atoms with van der Waals surface area (Å²) in [6.07, 6.45) is 4.03. The van der Waals surface area contributed by atoms with E-state index >= 15 is 4.39 Å². The molecule has 1 aromatic heterocycles. The highest BCUT2D eigenvalue weighted by atomic mass is 35.5. The van der Waals surface area contributed by atoms with Gasteiger partial charge in [0.1, 0.15) is 34.6 Å². The van der Waals surface area contributed by atoms with Crippen molar-refractivity contribution in [2.75, 3.05) is 45.7 Å². The summed E-state index contributed by atoms with van der Waals surface area (Å²) in [6.45, 7) is 2.15.